The van der Waals surface area contributed by atoms with E-state index in [1.54, 1.807) is 18.3 Å². The molecule has 118 valence electrons. The van der Waals surface area contributed by atoms with Crippen molar-refractivity contribution in [2.24, 2.45) is 0 Å². The lowest BCUT2D eigenvalue weighted by atomic mass is 10.1. The molecule has 2 atom stereocenters. The molecule has 1 aromatic heterocycles. The van der Waals surface area contributed by atoms with Crippen molar-refractivity contribution in [3.63, 3.8) is 0 Å². The van der Waals surface area contributed by atoms with Crippen LogP contribution in [0, 0.1) is 5.82 Å². The molecular formula is C17H21FN2OS. The number of pyridine rings is 1. The minimum atomic E-state index is -1.14. The molecule has 0 bridgehead atoms. The maximum absolute atomic E-state index is 13.0. The summed E-state index contributed by atoms with van der Waals surface area (Å²) in [6, 6.07) is 10.00. The number of hydrogen-bond acceptors (Lipinski definition) is 3. The van der Waals surface area contributed by atoms with Gasteiger partial charge in [-0.3, -0.25) is 4.98 Å². The van der Waals surface area contributed by atoms with Crippen LogP contribution < -0.4 is 4.72 Å². The standard InChI is InChI=1S/C17H21FN2OS/c1-12(20-22(21)17(2,3)4)14-9-10-19-16(11-14)13-5-7-15(18)8-6-13/h5-12,20H,1-4H3. The highest BCUT2D eigenvalue weighted by molar-refractivity contribution is 7.90. The molecule has 0 spiro atoms. The number of benzene rings is 1. The van der Waals surface area contributed by atoms with E-state index < -0.39 is 11.4 Å². The van der Waals surface area contributed by atoms with Crippen molar-refractivity contribution in [2.75, 3.05) is 0 Å². The van der Waals surface area contributed by atoms with Crippen LogP contribution in [0.2, 0.25) is 0 Å². The summed E-state index contributed by atoms with van der Waals surface area (Å²) < 4.78 is 28.0. The zero-order chi connectivity index (χ0) is 16.3. The van der Waals surface area contributed by atoms with Crippen LogP contribution in [0.4, 0.5) is 4.39 Å². The second-order valence-corrected chi connectivity index (χ2v) is 8.20. The summed E-state index contributed by atoms with van der Waals surface area (Å²) in [4.78, 5) is 4.32. The van der Waals surface area contributed by atoms with Crippen molar-refractivity contribution >= 4 is 11.4 Å². The molecule has 0 radical (unpaired) electrons. The van der Waals surface area contributed by atoms with Gasteiger partial charge < -0.3 is 4.55 Å². The molecule has 2 aromatic rings. The van der Waals surface area contributed by atoms with Gasteiger partial charge in [-0.05, 0) is 69.7 Å². The highest BCUT2D eigenvalue weighted by Gasteiger charge is 2.28. The fourth-order valence-corrected chi connectivity index (χ4v) is 2.71. The van der Waals surface area contributed by atoms with Gasteiger partial charge in [0.15, 0.2) is 0 Å². The second kappa shape index (κ2) is 6.77. The molecule has 0 aliphatic rings. The van der Waals surface area contributed by atoms with Crippen LogP contribution in [0.3, 0.4) is 0 Å². The van der Waals surface area contributed by atoms with Gasteiger partial charge in [-0.25, -0.2) is 4.39 Å². The van der Waals surface area contributed by atoms with Crippen molar-refractivity contribution in [2.45, 2.75) is 38.5 Å². The molecule has 0 saturated carbocycles. The molecule has 0 amide bonds. The van der Waals surface area contributed by atoms with E-state index in [4.69, 9.17) is 0 Å². The van der Waals surface area contributed by atoms with Gasteiger partial charge >= 0.3 is 0 Å². The third kappa shape index (κ3) is 4.29. The Bertz CT molecular complexity index is 625. The lowest BCUT2D eigenvalue weighted by molar-refractivity contribution is 0.531. The summed E-state index contributed by atoms with van der Waals surface area (Å²) in [5.74, 6) is -0.268. The van der Waals surface area contributed by atoms with E-state index in [2.05, 4.69) is 9.71 Å². The van der Waals surface area contributed by atoms with Crippen LogP contribution in [-0.2, 0) is 11.4 Å². The molecule has 1 aromatic carbocycles. The maximum atomic E-state index is 13.0. The number of nitrogens with zero attached hydrogens (tertiary/aromatic N) is 1. The molecule has 0 aliphatic heterocycles. The first kappa shape index (κ1) is 16.9. The summed E-state index contributed by atoms with van der Waals surface area (Å²) in [5.41, 5.74) is 2.62. The normalized spacial score (nSPS) is 14.6. The fourth-order valence-electron chi connectivity index (χ4n) is 1.90. The summed E-state index contributed by atoms with van der Waals surface area (Å²) in [6.45, 7) is 7.76. The van der Waals surface area contributed by atoms with Crippen LogP contribution in [0.15, 0.2) is 42.6 Å². The minimum absolute atomic E-state index is 0.0674. The zero-order valence-corrected chi connectivity index (χ0v) is 14.1. The van der Waals surface area contributed by atoms with Gasteiger partial charge in [0.2, 0.25) is 0 Å². The lowest BCUT2D eigenvalue weighted by Gasteiger charge is -2.26. The monoisotopic (exact) mass is 320 g/mol. The number of rotatable bonds is 4. The third-order valence-corrected chi connectivity index (χ3v) is 4.94. The molecule has 2 rings (SSSR count). The van der Waals surface area contributed by atoms with Crippen molar-refractivity contribution in [1.29, 1.82) is 0 Å². The largest absolute Gasteiger partial charge is 0.598 e. The maximum Gasteiger partial charge on any atom is 0.136 e. The molecule has 3 nitrogen and oxygen atoms in total. The molecule has 22 heavy (non-hydrogen) atoms. The number of halogens is 1. The lowest BCUT2D eigenvalue weighted by Crippen LogP contribution is -2.40. The van der Waals surface area contributed by atoms with Gasteiger partial charge in [0.1, 0.15) is 10.6 Å². The summed E-state index contributed by atoms with van der Waals surface area (Å²) in [6.07, 6.45) is 1.71. The predicted octanol–water partition coefficient (Wildman–Crippen LogP) is 4.00. The smallest absolute Gasteiger partial charge is 0.136 e. The van der Waals surface area contributed by atoms with Gasteiger partial charge in [0.25, 0.3) is 0 Å². The Hall–Kier alpha value is -1.43. The van der Waals surface area contributed by atoms with E-state index in [-0.39, 0.29) is 16.6 Å². The van der Waals surface area contributed by atoms with E-state index in [1.807, 2.05) is 39.8 Å². The molecule has 5 heteroatoms. The van der Waals surface area contributed by atoms with Crippen molar-refractivity contribution in [1.82, 2.24) is 9.71 Å². The van der Waals surface area contributed by atoms with Crippen molar-refractivity contribution < 1.29 is 8.94 Å². The van der Waals surface area contributed by atoms with E-state index in [0.29, 0.717) is 0 Å². The number of nitrogens with one attached hydrogen (secondary N) is 1. The summed E-state index contributed by atoms with van der Waals surface area (Å²) in [7, 11) is 0. The third-order valence-electron chi connectivity index (χ3n) is 3.26. The van der Waals surface area contributed by atoms with E-state index in [0.717, 1.165) is 16.8 Å². The molecule has 2 unspecified atom stereocenters. The number of hydrogen-bond donors (Lipinski definition) is 1. The molecule has 1 heterocycles. The zero-order valence-electron chi connectivity index (χ0n) is 13.3. The molecule has 0 fully saturated rings. The first-order valence-electron chi connectivity index (χ1n) is 7.17. The molecule has 0 aliphatic carbocycles. The first-order valence-corrected chi connectivity index (χ1v) is 8.32. The van der Waals surface area contributed by atoms with Crippen LogP contribution in [0.1, 0.15) is 39.3 Å². The van der Waals surface area contributed by atoms with Crippen LogP contribution >= 0.6 is 0 Å². The average Bonchev–Trinajstić information content (AvgIpc) is 2.47. The van der Waals surface area contributed by atoms with Gasteiger partial charge in [0, 0.05) is 23.1 Å². The predicted molar refractivity (Wildman–Crippen MR) is 89.1 cm³/mol. The van der Waals surface area contributed by atoms with Crippen molar-refractivity contribution in [3.8, 4) is 11.3 Å². The summed E-state index contributed by atoms with van der Waals surface area (Å²) >= 11 is -1.14. The number of aromatic nitrogens is 1. The topological polar surface area (TPSA) is 48.0 Å². The molecule has 1 N–H and O–H groups in total. The quantitative estimate of drug-likeness (QED) is 0.866. The van der Waals surface area contributed by atoms with Crippen LogP contribution in [-0.4, -0.2) is 14.3 Å². The van der Waals surface area contributed by atoms with E-state index in [9.17, 15) is 8.94 Å². The first-order chi connectivity index (χ1) is 10.3. The Morgan fingerprint density at radius 1 is 1.18 bits per heavy atom. The second-order valence-electron chi connectivity index (χ2n) is 6.20. The Labute approximate surface area is 134 Å². The molecule has 0 saturated heterocycles. The van der Waals surface area contributed by atoms with Gasteiger partial charge in [0.05, 0.1) is 11.7 Å². The Morgan fingerprint density at radius 3 is 2.41 bits per heavy atom. The van der Waals surface area contributed by atoms with Crippen LogP contribution in [0.25, 0.3) is 11.3 Å². The van der Waals surface area contributed by atoms with Gasteiger partial charge in [-0.1, -0.05) is 0 Å². The van der Waals surface area contributed by atoms with Crippen molar-refractivity contribution in [3.05, 3.63) is 54.0 Å². The molecular weight excluding hydrogens is 299 g/mol. The SMILES string of the molecule is CC(N[S+]([O-])C(C)(C)C)c1ccnc(-c2ccc(F)cc2)c1. The highest BCUT2D eigenvalue weighted by atomic mass is 32.2. The highest BCUT2D eigenvalue weighted by Crippen LogP contribution is 2.23. The van der Waals surface area contributed by atoms with Gasteiger partial charge in [-0.15, -0.1) is 4.72 Å². The van der Waals surface area contributed by atoms with E-state index in [1.165, 1.54) is 12.1 Å². The Balaban J connectivity index is 2.19. The summed E-state index contributed by atoms with van der Waals surface area (Å²) in [5, 5.41) is 0. The Morgan fingerprint density at radius 2 is 1.82 bits per heavy atom. The van der Waals surface area contributed by atoms with Gasteiger partial charge in [-0.2, -0.15) is 0 Å². The van der Waals surface area contributed by atoms with Crippen LogP contribution in [0.5, 0.6) is 0 Å². The fraction of sp³-hybridized carbons (Fsp3) is 0.353. The Kier molecular flexibility index (Phi) is 5.21. The van der Waals surface area contributed by atoms with E-state index >= 15 is 0 Å². The average molecular weight is 320 g/mol. The minimum Gasteiger partial charge on any atom is -0.598 e.